The molecule has 0 aromatic heterocycles. The Balaban J connectivity index is 0.00000225. The summed E-state index contributed by atoms with van der Waals surface area (Å²) >= 11 is 0. The van der Waals surface area contributed by atoms with Crippen molar-refractivity contribution in [1.29, 1.82) is 0 Å². The van der Waals surface area contributed by atoms with Gasteiger partial charge >= 0.3 is 39.9 Å². The summed E-state index contributed by atoms with van der Waals surface area (Å²) in [6.45, 7) is 0. The average Bonchev–Trinajstić information content (AvgIpc) is 1.99. The van der Waals surface area contributed by atoms with Gasteiger partial charge in [0.1, 0.15) is 0 Å². The SMILES string of the molecule is O=S(=O)(O)Nc1cccc(S(=O)(=O)O)c1.[NaH]. The Bertz CT molecular complexity index is 566. The zero-order valence-corrected chi connectivity index (χ0v) is 8.79. The Hall–Kier alpha value is -0.160. The van der Waals surface area contributed by atoms with Gasteiger partial charge in [0.2, 0.25) is 0 Å². The fraction of sp³-hybridized carbons (Fsp3) is 0. The van der Waals surface area contributed by atoms with E-state index < -0.39 is 25.3 Å². The van der Waals surface area contributed by atoms with Crippen molar-refractivity contribution in [3.8, 4) is 0 Å². The zero-order chi connectivity index (χ0) is 11.7. The van der Waals surface area contributed by atoms with Crippen LogP contribution in [0, 0.1) is 0 Å². The Morgan fingerprint density at radius 1 is 1.06 bits per heavy atom. The van der Waals surface area contributed by atoms with Gasteiger partial charge < -0.3 is 0 Å². The minimum absolute atomic E-state index is 0. The van der Waals surface area contributed by atoms with E-state index in [2.05, 4.69) is 0 Å². The molecule has 1 aromatic carbocycles. The summed E-state index contributed by atoms with van der Waals surface area (Å²) in [6, 6.07) is 4.35. The summed E-state index contributed by atoms with van der Waals surface area (Å²) in [6.07, 6.45) is 0. The molecule has 0 spiro atoms. The van der Waals surface area contributed by atoms with Crippen molar-refractivity contribution in [2.24, 2.45) is 0 Å². The summed E-state index contributed by atoms with van der Waals surface area (Å²) in [5.41, 5.74) is -0.173. The van der Waals surface area contributed by atoms with Gasteiger partial charge in [0.25, 0.3) is 10.1 Å². The molecule has 3 N–H and O–H groups in total. The predicted octanol–water partition coefficient (Wildman–Crippen LogP) is -0.500. The molecular formula is C6H8NNaO6S2. The molecule has 0 aliphatic heterocycles. The second kappa shape index (κ2) is 5.45. The molecule has 16 heavy (non-hydrogen) atoms. The molecule has 0 unspecified atom stereocenters. The molecule has 10 heteroatoms. The van der Waals surface area contributed by atoms with Crippen molar-refractivity contribution in [2.75, 3.05) is 4.72 Å². The molecule has 0 atom stereocenters. The van der Waals surface area contributed by atoms with Crippen molar-refractivity contribution in [3.05, 3.63) is 24.3 Å². The number of nitrogens with one attached hydrogen (secondary N) is 1. The second-order valence-electron chi connectivity index (χ2n) is 2.58. The fourth-order valence-corrected chi connectivity index (χ4v) is 1.82. The van der Waals surface area contributed by atoms with Gasteiger partial charge in [-0.15, -0.1) is 0 Å². The van der Waals surface area contributed by atoms with Crippen LogP contribution in [0.3, 0.4) is 0 Å². The van der Waals surface area contributed by atoms with Crippen LogP contribution in [0.2, 0.25) is 0 Å². The van der Waals surface area contributed by atoms with Crippen LogP contribution in [0.1, 0.15) is 0 Å². The monoisotopic (exact) mass is 277 g/mol. The van der Waals surface area contributed by atoms with Gasteiger partial charge in [-0.25, -0.2) is 0 Å². The van der Waals surface area contributed by atoms with Crippen LogP contribution in [-0.4, -0.2) is 55.5 Å². The van der Waals surface area contributed by atoms with Gasteiger partial charge in [-0.05, 0) is 18.2 Å². The first kappa shape index (κ1) is 15.8. The second-order valence-corrected chi connectivity index (χ2v) is 5.16. The van der Waals surface area contributed by atoms with Gasteiger partial charge in [-0.3, -0.25) is 13.8 Å². The third-order valence-electron chi connectivity index (χ3n) is 1.38. The van der Waals surface area contributed by atoms with Crippen molar-refractivity contribution in [3.63, 3.8) is 0 Å². The molecule has 7 nitrogen and oxygen atoms in total. The summed E-state index contributed by atoms with van der Waals surface area (Å²) in [4.78, 5) is -0.476. The molecule has 1 aromatic rings. The van der Waals surface area contributed by atoms with E-state index in [0.29, 0.717) is 0 Å². The zero-order valence-electron chi connectivity index (χ0n) is 7.15. The third kappa shape index (κ3) is 5.25. The summed E-state index contributed by atoms with van der Waals surface area (Å²) in [5.74, 6) is 0. The first-order chi connectivity index (χ1) is 6.68. The molecule has 0 saturated carbocycles. The number of rotatable bonds is 3. The van der Waals surface area contributed by atoms with Crippen LogP contribution in [0.5, 0.6) is 0 Å². The first-order valence-electron chi connectivity index (χ1n) is 3.51. The molecule has 0 saturated heterocycles. The molecule has 0 heterocycles. The average molecular weight is 277 g/mol. The van der Waals surface area contributed by atoms with Crippen molar-refractivity contribution in [1.82, 2.24) is 0 Å². The predicted molar refractivity (Wildman–Crippen MR) is 58.6 cm³/mol. The van der Waals surface area contributed by atoms with E-state index >= 15 is 0 Å². The molecule has 0 bridgehead atoms. The van der Waals surface area contributed by atoms with Crippen LogP contribution in [0.15, 0.2) is 29.2 Å². The Kier molecular flexibility index (Phi) is 5.39. The first-order valence-corrected chi connectivity index (χ1v) is 6.39. The van der Waals surface area contributed by atoms with E-state index in [4.69, 9.17) is 9.11 Å². The molecule has 0 amide bonds. The van der Waals surface area contributed by atoms with E-state index in [-0.39, 0.29) is 35.2 Å². The Labute approximate surface area is 115 Å². The summed E-state index contributed by atoms with van der Waals surface area (Å²) in [7, 11) is -8.86. The number of hydrogen-bond acceptors (Lipinski definition) is 4. The van der Waals surface area contributed by atoms with Gasteiger partial charge in [0.05, 0.1) is 10.6 Å². The van der Waals surface area contributed by atoms with Gasteiger partial charge in [-0.2, -0.15) is 16.8 Å². The van der Waals surface area contributed by atoms with Crippen LogP contribution in [0.25, 0.3) is 0 Å². The maximum atomic E-state index is 10.7. The maximum absolute atomic E-state index is 10.7. The molecule has 1 rings (SSSR count). The summed E-state index contributed by atoms with van der Waals surface area (Å²) in [5, 5.41) is 0. The molecule has 0 aliphatic carbocycles. The van der Waals surface area contributed by atoms with Crippen molar-refractivity contribution >= 4 is 55.7 Å². The van der Waals surface area contributed by atoms with E-state index in [1.165, 1.54) is 12.1 Å². The van der Waals surface area contributed by atoms with Crippen molar-refractivity contribution in [2.45, 2.75) is 4.90 Å². The van der Waals surface area contributed by atoms with E-state index in [1.54, 1.807) is 4.72 Å². The van der Waals surface area contributed by atoms with Crippen LogP contribution in [-0.2, 0) is 20.4 Å². The number of benzene rings is 1. The van der Waals surface area contributed by atoms with Gasteiger partial charge in [-0.1, -0.05) is 6.07 Å². The van der Waals surface area contributed by atoms with Crippen LogP contribution in [0.4, 0.5) is 5.69 Å². The van der Waals surface area contributed by atoms with Crippen molar-refractivity contribution < 1.29 is 25.9 Å². The molecule has 86 valence electrons. The van der Waals surface area contributed by atoms with E-state index in [1.807, 2.05) is 0 Å². The van der Waals surface area contributed by atoms with E-state index in [9.17, 15) is 16.8 Å². The normalized spacial score (nSPS) is 11.6. The fourth-order valence-electron chi connectivity index (χ4n) is 0.869. The molecular weight excluding hydrogens is 269 g/mol. The minimum atomic E-state index is -4.47. The third-order valence-corrected chi connectivity index (χ3v) is 2.72. The number of hydrogen-bond donors (Lipinski definition) is 3. The Morgan fingerprint density at radius 3 is 2.06 bits per heavy atom. The van der Waals surface area contributed by atoms with Gasteiger partial charge in [0, 0.05) is 0 Å². The molecule has 0 radical (unpaired) electrons. The van der Waals surface area contributed by atoms with Crippen LogP contribution < -0.4 is 4.72 Å². The molecule has 0 fully saturated rings. The Morgan fingerprint density at radius 2 is 1.62 bits per heavy atom. The van der Waals surface area contributed by atoms with E-state index in [0.717, 1.165) is 12.1 Å². The number of anilines is 1. The summed E-state index contributed by atoms with van der Waals surface area (Å²) < 4.78 is 60.8. The standard InChI is InChI=1S/C6H7NO6S2.Na.H/c8-14(9,10)6-3-1-2-5(4-6)7-15(11,12)13;;/h1-4,7H,(H,8,9,10)(H,11,12,13);;. The van der Waals surface area contributed by atoms with Gasteiger partial charge in [0.15, 0.2) is 0 Å². The quantitative estimate of drug-likeness (QED) is 0.506. The topological polar surface area (TPSA) is 121 Å². The molecule has 0 aliphatic rings. The van der Waals surface area contributed by atoms with Crippen LogP contribution >= 0.6 is 0 Å².